The normalized spacial score (nSPS) is 15.1. The average Bonchev–Trinajstić information content (AvgIpc) is 2.70. The molecule has 1 saturated heterocycles. The molecule has 9 nitrogen and oxygen atoms in total. The van der Waals surface area contributed by atoms with E-state index in [0.29, 0.717) is 10.0 Å². The highest BCUT2D eigenvalue weighted by Gasteiger charge is 2.36. The molecule has 2 aromatic carbocycles. The Morgan fingerprint density at radius 1 is 1.13 bits per heavy atom. The lowest BCUT2D eigenvalue weighted by Crippen LogP contribution is -2.54. The predicted molar refractivity (Wildman–Crippen MR) is 111 cm³/mol. The lowest BCUT2D eigenvalue weighted by atomic mass is 10.1. The topological polar surface area (TPSA) is 125 Å². The number of carbonyl (C=O) groups excluding carboxylic acids is 4. The van der Waals surface area contributed by atoms with Gasteiger partial charge in [0.05, 0.1) is 18.3 Å². The highest BCUT2D eigenvalue weighted by molar-refractivity contribution is 9.10. The molecule has 0 saturated carbocycles. The fraction of sp³-hybridized carbons (Fsp3) is 0.143. The van der Waals surface area contributed by atoms with E-state index < -0.39 is 30.4 Å². The second-order valence-corrected chi connectivity index (χ2v) is 7.15. The molecule has 1 heterocycles. The number of rotatable bonds is 7. The van der Waals surface area contributed by atoms with Gasteiger partial charge in [0.25, 0.3) is 11.8 Å². The number of hydrogen-bond acceptors (Lipinski definition) is 7. The van der Waals surface area contributed by atoms with Crippen LogP contribution in [0.5, 0.6) is 11.5 Å². The van der Waals surface area contributed by atoms with Gasteiger partial charge in [-0.1, -0.05) is 28.1 Å². The van der Waals surface area contributed by atoms with Gasteiger partial charge in [0.15, 0.2) is 11.5 Å². The van der Waals surface area contributed by atoms with Gasteiger partial charge in [-0.05, 0) is 48.9 Å². The summed E-state index contributed by atoms with van der Waals surface area (Å²) in [6.07, 6.45) is 1.31. The molecule has 0 unspecified atom stereocenters. The lowest BCUT2D eigenvalue weighted by molar-refractivity contribution is -0.307. The quantitative estimate of drug-likeness (QED) is 0.464. The second-order valence-electron chi connectivity index (χ2n) is 6.24. The summed E-state index contributed by atoms with van der Waals surface area (Å²) in [5.74, 6) is -2.63. The molecule has 31 heavy (non-hydrogen) atoms. The fourth-order valence-corrected chi connectivity index (χ4v) is 3.20. The molecule has 1 N–H and O–H groups in total. The van der Waals surface area contributed by atoms with Crippen molar-refractivity contribution in [1.29, 1.82) is 0 Å². The van der Waals surface area contributed by atoms with E-state index in [1.165, 1.54) is 24.3 Å². The summed E-state index contributed by atoms with van der Waals surface area (Å²) in [6.45, 7) is 1.34. The lowest BCUT2D eigenvalue weighted by Gasteiger charge is -2.26. The second kappa shape index (κ2) is 9.43. The van der Waals surface area contributed by atoms with Gasteiger partial charge >= 0.3 is 6.03 Å². The number of imide groups is 2. The maximum atomic E-state index is 12.9. The van der Waals surface area contributed by atoms with Gasteiger partial charge < -0.3 is 19.4 Å². The number of nitrogens with one attached hydrogen (secondary N) is 1. The molecule has 0 atom stereocenters. The number of nitrogens with zero attached hydrogens (tertiary/aromatic N) is 1. The van der Waals surface area contributed by atoms with Crippen molar-refractivity contribution < 1.29 is 33.8 Å². The van der Waals surface area contributed by atoms with Crippen molar-refractivity contribution in [2.75, 3.05) is 18.1 Å². The first-order valence-corrected chi connectivity index (χ1v) is 9.86. The molecule has 0 aromatic heterocycles. The molecule has 160 valence electrons. The molecule has 1 aliphatic heterocycles. The minimum atomic E-state index is -1.39. The Kier molecular flexibility index (Phi) is 6.71. The molecule has 10 heteroatoms. The highest BCUT2D eigenvalue weighted by atomic mass is 79.9. The van der Waals surface area contributed by atoms with E-state index in [-0.39, 0.29) is 29.4 Å². The first-order valence-electron chi connectivity index (χ1n) is 9.06. The summed E-state index contributed by atoms with van der Waals surface area (Å²) in [5, 5.41) is 12.8. The van der Waals surface area contributed by atoms with E-state index in [1.807, 2.05) is 0 Å². The van der Waals surface area contributed by atoms with Crippen LogP contribution in [0.3, 0.4) is 0 Å². The van der Waals surface area contributed by atoms with Crippen LogP contribution in [0.2, 0.25) is 0 Å². The van der Waals surface area contributed by atoms with Gasteiger partial charge in [-0.2, -0.15) is 0 Å². The minimum Gasteiger partial charge on any atom is -0.546 e. The molecule has 0 bridgehead atoms. The summed E-state index contributed by atoms with van der Waals surface area (Å²) < 4.78 is 11.2. The molecule has 0 radical (unpaired) electrons. The Morgan fingerprint density at radius 3 is 2.58 bits per heavy atom. The summed E-state index contributed by atoms with van der Waals surface area (Å²) in [6, 6.07) is 10.1. The van der Waals surface area contributed by atoms with E-state index in [9.17, 15) is 24.3 Å². The third kappa shape index (κ3) is 5.10. The van der Waals surface area contributed by atoms with Crippen molar-refractivity contribution in [3.8, 4) is 11.5 Å². The Labute approximate surface area is 185 Å². The Hall–Kier alpha value is -3.66. The monoisotopic (exact) mass is 487 g/mol. The molecule has 3 rings (SSSR count). The number of ether oxygens (including phenoxy) is 2. The fourth-order valence-electron chi connectivity index (χ4n) is 2.81. The van der Waals surface area contributed by atoms with E-state index in [2.05, 4.69) is 21.2 Å². The molecule has 4 amide bonds. The van der Waals surface area contributed by atoms with Gasteiger partial charge in [0.1, 0.15) is 12.2 Å². The SMILES string of the molecule is CCOc1cc(/C=C2\C(=O)NC(=O)N(c3cccc(Br)c3)C2=O)ccc1OCC(=O)[O-]. The third-order valence-corrected chi connectivity index (χ3v) is 4.59. The van der Waals surface area contributed by atoms with Crippen LogP contribution in [-0.2, 0) is 14.4 Å². The number of hydrogen-bond donors (Lipinski definition) is 1. The maximum absolute atomic E-state index is 12.9. The number of amides is 4. The minimum absolute atomic E-state index is 0.165. The zero-order chi connectivity index (χ0) is 22.5. The van der Waals surface area contributed by atoms with Crippen LogP contribution in [0.15, 0.2) is 52.5 Å². The van der Waals surface area contributed by atoms with Crippen molar-refractivity contribution in [3.63, 3.8) is 0 Å². The Balaban J connectivity index is 1.96. The van der Waals surface area contributed by atoms with Crippen LogP contribution in [0, 0.1) is 0 Å². The molecule has 1 fully saturated rings. The van der Waals surface area contributed by atoms with E-state index >= 15 is 0 Å². The summed E-state index contributed by atoms with van der Waals surface area (Å²) in [4.78, 5) is 49.1. The number of urea groups is 1. The van der Waals surface area contributed by atoms with Gasteiger partial charge in [-0.25, -0.2) is 9.69 Å². The Bertz CT molecular complexity index is 1100. The van der Waals surface area contributed by atoms with Gasteiger partial charge in [0.2, 0.25) is 0 Å². The van der Waals surface area contributed by atoms with Crippen LogP contribution >= 0.6 is 15.9 Å². The molecular formula is C21H16BrN2O7-. The zero-order valence-corrected chi connectivity index (χ0v) is 17.8. The van der Waals surface area contributed by atoms with Crippen molar-refractivity contribution in [2.45, 2.75) is 6.92 Å². The van der Waals surface area contributed by atoms with Gasteiger partial charge in [-0.3, -0.25) is 14.9 Å². The molecule has 0 spiro atoms. The first kappa shape index (κ1) is 22.0. The van der Waals surface area contributed by atoms with Crippen LogP contribution in [-0.4, -0.2) is 37.0 Å². The van der Waals surface area contributed by atoms with Crippen molar-refractivity contribution in [2.24, 2.45) is 0 Å². The van der Waals surface area contributed by atoms with Crippen LogP contribution in [0.4, 0.5) is 10.5 Å². The van der Waals surface area contributed by atoms with Gasteiger partial charge in [-0.15, -0.1) is 0 Å². The molecular weight excluding hydrogens is 472 g/mol. The third-order valence-electron chi connectivity index (χ3n) is 4.09. The van der Waals surface area contributed by atoms with E-state index in [0.717, 1.165) is 4.90 Å². The largest absolute Gasteiger partial charge is 0.546 e. The van der Waals surface area contributed by atoms with Crippen molar-refractivity contribution in [3.05, 3.63) is 58.1 Å². The summed E-state index contributed by atoms with van der Waals surface area (Å²) >= 11 is 3.28. The van der Waals surface area contributed by atoms with Crippen LogP contribution in [0.1, 0.15) is 12.5 Å². The van der Waals surface area contributed by atoms with E-state index in [4.69, 9.17) is 9.47 Å². The predicted octanol–water partition coefficient (Wildman–Crippen LogP) is 1.64. The summed E-state index contributed by atoms with van der Waals surface area (Å²) in [7, 11) is 0. The first-order chi connectivity index (χ1) is 14.8. The number of barbiturate groups is 1. The number of benzene rings is 2. The molecule has 2 aromatic rings. The van der Waals surface area contributed by atoms with E-state index in [1.54, 1.807) is 31.2 Å². The molecule has 0 aliphatic carbocycles. The van der Waals surface area contributed by atoms with Gasteiger partial charge in [0, 0.05) is 4.47 Å². The number of anilines is 1. The smallest absolute Gasteiger partial charge is 0.335 e. The Morgan fingerprint density at radius 2 is 1.90 bits per heavy atom. The number of carbonyl (C=O) groups is 4. The number of halogens is 1. The highest BCUT2D eigenvalue weighted by Crippen LogP contribution is 2.30. The number of carboxylic acids is 1. The zero-order valence-electron chi connectivity index (χ0n) is 16.2. The average molecular weight is 488 g/mol. The van der Waals surface area contributed by atoms with Crippen molar-refractivity contribution >= 4 is 51.5 Å². The van der Waals surface area contributed by atoms with Crippen LogP contribution in [0.25, 0.3) is 6.08 Å². The van der Waals surface area contributed by atoms with Crippen LogP contribution < -0.4 is 24.8 Å². The summed E-state index contributed by atoms with van der Waals surface area (Å²) in [5.41, 5.74) is 0.438. The standard InChI is InChI=1S/C21H17BrN2O7/c1-2-30-17-9-12(6-7-16(17)31-11-18(25)26)8-15-19(27)23-21(29)24(20(15)28)14-5-3-4-13(22)10-14/h3-10H,2,11H2,1H3,(H,25,26)(H,23,27,29)/p-1/b15-8+. The number of carboxylic acid groups (broad SMARTS) is 1. The number of aliphatic carboxylic acids is 1. The maximum Gasteiger partial charge on any atom is 0.335 e. The molecule has 1 aliphatic rings. The van der Waals surface area contributed by atoms with Crippen molar-refractivity contribution in [1.82, 2.24) is 5.32 Å².